The first-order chi connectivity index (χ1) is 14.8. The van der Waals surface area contributed by atoms with Gasteiger partial charge in [-0.1, -0.05) is 23.8 Å². The number of ether oxygens (including phenoxy) is 1. The molecule has 0 radical (unpaired) electrons. The number of nitrogens with zero attached hydrogens (tertiary/aromatic N) is 3. The van der Waals surface area contributed by atoms with Crippen LogP contribution in [0.15, 0.2) is 58.2 Å². The molecule has 162 valence electrons. The van der Waals surface area contributed by atoms with Crippen molar-refractivity contribution in [2.45, 2.75) is 44.2 Å². The summed E-state index contributed by atoms with van der Waals surface area (Å²) in [6.45, 7) is 3.73. The van der Waals surface area contributed by atoms with Crippen molar-refractivity contribution in [3.63, 3.8) is 0 Å². The molecule has 1 unspecified atom stereocenters. The molecule has 0 spiro atoms. The quantitative estimate of drug-likeness (QED) is 0.563. The lowest BCUT2D eigenvalue weighted by atomic mass is 10.2. The predicted octanol–water partition coefficient (Wildman–Crippen LogP) is 2.21. The third-order valence-electron chi connectivity index (χ3n) is 5.40. The van der Waals surface area contributed by atoms with Gasteiger partial charge in [0.25, 0.3) is 5.56 Å². The van der Waals surface area contributed by atoms with Crippen LogP contribution in [0.4, 0.5) is 0 Å². The summed E-state index contributed by atoms with van der Waals surface area (Å²) in [5, 5.41) is 0. The van der Waals surface area contributed by atoms with Gasteiger partial charge in [-0.15, -0.1) is 0 Å². The van der Waals surface area contributed by atoms with Gasteiger partial charge in [-0.25, -0.2) is 13.4 Å². The molecular formula is C22H23N3O5S. The molecule has 31 heavy (non-hydrogen) atoms. The fourth-order valence-corrected chi connectivity index (χ4v) is 5.43. The van der Waals surface area contributed by atoms with Crippen molar-refractivity contribution in [3.05, 3.63) is 75.8 Å². The highest BCUT2D eigenvalue weighted by molar-refractivity contribution is 7.89. The smallest absolute Gasteiger partial charge is 0.324 e. The summed E-state index contributed by atoms with van der Waals surface area (Å²) in [7, 11) is -3.81. The minimum atomic E-state index is -3.81. The molecule has 1 fully saturated rings. The first-order valence-corrected chi connectivity index (χ1v) is 11.4. The maximum absolute atomic E-state index is 13.0. The third kappa shape index (κ3) is 4.11. The number of hydrogen-bond donors (Lipinski definition) is 0. The number of pyridine rings is 1. The Labute approximate surface area is 180 Å². The lowest BCUT2D eigenvalue weighted by Gasteiger charge is -2.22. The van der Waals surface area contributed by atoms with Crippen molar-refractivity contribution >= 4 is 21.6 Å². The van der Waals surface area contributed by atoms with E-state index in [1.165, 1.54) is 14.8 Å². The molecule has 3 aromatic rings. The molecule has 1 saturated heterocycles. The average Bonchev–Trinajstić information content (AvgIpc) is 3.23. The van der Waals surface area contributed by atoms with E-state index >= 15 is 0 Å². The van der Waals surface area contributed by atoms with E-state index in [0.717, 1.165) is 11.3 Å². The van der Waals surface area contributed by atoms with E-state index in [4.69, 9.17) is 4.74 Å². The van der Waals surface area contributed by atoms with Crippen LogP contribution >= 0.6 is 0 Å². The maximum atomic E-state index is 13.0. The number of carbonyl (C=O) groups excluding carboxylic acids is 1. The van der Waals surface area contributed by atoms with Crippen molar-refractivity contribution in [1.82, 2.24) is 13.7 Å². The second kappa shape index (κ2) is 8.24. The van der Waals surface area contributed by atoms with E-state index in [0.29, 0.717) is 24.2 Å². The largest absolute Gasteiger partial charge is 0.458 e. The summed E-state index contributed by atoms with van der Waals surface area (Å²) in [5.41, 5.74) is 2.21. The zero-order valence-corrected chi connectivity index (χ0v) is 18.1. The van der Waals surface area contributed by atoms with Crippen molar-refractivity contribution in [2.75, 3.05) is 6.54 Å². The summed E-state index contributed by atoms with van der Waals surface area (Å²) in [6, 6.07) is 12.3. The van der Waals surface area contributed by atoms with Gasteiger partial charge in [0.05, 0.1) is 10.6 Å². The minimum Gasteiger partial charge on any atom is -0.458 e. The summed E-state index contributed by atoms with van der Waals surface area (Å²) in [6.07, 6.45) is 0.955. The predicted molar refractivity (Wildman–Crippen MR) is 114 cm³/mol. The average molecular weight is 442 g/mol. The molecule has 4 rings (SSSR count). The number of aryl methyl sites for hydroxylation is 2. The molecule has 0 aliphatic carbocycles. The Bertz CT molecular complexity index is 1300. The second-order valence-corrected chi connectivity index (χ2v) is 9.53. The molecule has 0 bridgehead atoms. The zero-order valence-electron chi connectivity index (χ0n) is 17.3. The normalized spacial score (nSPS) is 17.2. The topological polar surface area (TPSA) is 98.0 Å². The molecule has 0 amide bonds. The van der Waals surface area contributed by atoms with Crippen LogP contribution in [0.2, 0.25) is 0 Å². The van der Waals surface area contributed by atoms with Crippen LogP contribution in [-0.2, 0) is 26.2 Å². The van der Waals surface area contributed by atoms with Crippen LogP contribution in [0.25, 0.3) is 5.65 Å². The van der Waals surface area contributed by atoms with E-state index in [-0.39, 0.29) is 23.6 Å². The van der Waals surface area contributed by atoms with Gasteiger partial charge in [0.15, 0.2) is 0 Å². The number of rotatable bonds is 5. The molecule has 9 heteroatoms. The molecule has 1 aliphatic rings. The van der Waals surface area contributed by atoms with Gasteiger partial charge in [0.1, 0.15) is 18.3 Å². The molecule has 3 heterocycles. The lowest BCUT2D eigenvalue weighted by molar-refractivity contribution is -0.148. The SMILES string of the molecule is Cc1ccc(S(=O)(=O)N2CCCC2C(=O)OCc2cc(=O)n3c(C)cccc3n2)cc1. The fraction of sp³-hybridized carbons (Fsp3) is 0.318. The zero-order chi connectivity index (χ0) is 22.2. The second-order valence-electron chi connectivity index (χ2n) is 7.64. The Balaban J connectivity index is 1.51. The van der Waals surface area contributed by atoms with E-state index in [2.05, 4.69) is 4.98 Å². The van der Waals surface area contributed by atoms with Crippen LogP contribution in [0.3, 0.4) is 0 Å². The molecule has 0 saturated carbocycles. The van der Waals surface area contributed by atoms with Crippen LogP contribution in [0.1, 0.15) is 29.8 Å². The molecule has 8 nitrogen and oxygen atoms in total. The first-order valence-electron chi connectivity index (χ1n) is 10.0. The summed E-state index contributed by atoms with van der Waals surface area (Å²) in [5.74, 6) is -0.639. The summed E-state index contributed by atoms with van der Waals surface area (Å²) >= 11 is 0. The van der Waals surface area contributed by atoms with Crippen LogP contribution in [0, 0.1) is 13.8 Å². The van der Waals surface area contributed by atoms with Crippen molar-refractivity contribution in [2.24, 2.45) is 0 Å². The van der Waals surface area contributed by atoms with Gasteiger partial charge in [-0.2, -0.15) is 4.31 Å². The fourth-order valence-electron chi connectivity index (χ4n) is 3.79. The van der Waals surface area contributed by atoms with E-state index in [1.54, 1.807) is 49.4 Å². The molecule has 1 atom stereocenters. The summed E-state index contributed by atoms with van der Waals surface area (Å²) in [4.78, 5) is 29.6. The Kier molecular flexibility index (Phi) is 5.63. The molecular weight excluding hydrogens is 418 g/mol. The van der Waals surface area contributed by atoms with E-state index in [9.17, 15) is 18.0 Å². The van der Waals surface area contributed by atoms with E-state index < -0.39 is 22.0 Å². The van der Waals surface area contributed by atoms with Crippen LogP contribution < -0.4 is 5.56 Å². The highest BCUT2D eigenvalue weighted by atomic mass is 32.2. The third-order valence-corrected chi connectivity index (χ3v) is 7.32. The number of hydrogen-bond acceptors (Lipinski definition) is 6. The Morgan fingerprint density at radius 3 is 2.65 bits per heavy atom. The number of sulfonamides is 1. The van der Waals surface area contributed by atoms with Crippen molar-refractivity contribution in [1.29, 1.82) is 0 Å². The Morgan fingerprint density at radius 2 is 1.90 bits per heavy atom. The lowest BCUT2D eigenvalue weighted by Crippen LogP contribution is -2.41. The summed E-state index contributed by atoms with van der Waals surface area (Å²) < 4.78 is 34.1. The number of carbonyl (C=O) groups is 1. The number of aromatic nitrogens is 2. The number of fused-ring (bicyclic) bond motifs is 1. The maximum Gasteiger partial charge on any atom is 0.324 e. The minimum absolute atomic E-state index is 0.150. The molecule has 2 aromatic heterocycles. The Morgan fingerprint density at radius 1 is 1.16 bits per heavy atom. The monoisotopic (exact) mass is 441 g/mol. The van der Waals surface area contributed by atoms with Gasteiger partial charge < -0.3 is 4.74 Å². The molecule has 1 aromatic carbocycles. The van der Waals surface area contributed by atoms with Gasteiger partial charge >= 0.3 is 5.97 Å². The van der Waals surface area contributed by atoms with Crippen LogP contribution in [-0.4, -0.2) is 40.7 Å². The first kappa shape index (κ1) is 21.2. The highest BCUT2D eigenvalue weighted by Gasteiger charge is 2.40. The van der Waals surface area contributed by atoms with Gasteiger partial charge in [0, 0.05) is 18.3 Å². The highest BCUT2D eigenvalue weighted by Crippen LogP contribution is 2.27. The standard InChI is InChI=1S/C22H23N3O5S/c1-15-8-10-18(11-9-15)31(28,29)24-12-4-6-19(24)22(27)30-14-17-13-21(26)25-16(2)5-3-7-20(25)23-17/h3,5,7-11,13,19H,4,6,12,14H2,1-2H3. The number of esters is 1. The van der Waals surface area contributed by atoms with Gasteiger partial charge in [-0.3, -0.25) is 14.0 Å². The molecule has 1 aliphatic heterocycles. The van der Waals surface area contributed by atoms with Crippen LogP contribution in [0.5, 0.6) is 0 Å². The van der Waals surface area contributed by atoms with Gasteiger partial charge in [0.2, 0.25) is 10.0 Å². The van der Waals surface area contributed by atoms with E-state index in [1.807, 2.05) is 6.92 Å². The van der Waals surface area contributed by atoms with Crippen molar-refractivity contribution < 1.29 is 17.9 Å². The Hall–Kier alpha value is -3.04. The van der Waals surface area contributed by atoms with Gasteiger partial charge in [-0.05, 0) is 51.0 Å². The van der Waals surface area contributed by atoms with Crippen molar-refractivity contribution in [3.8, 4) is 0 Å². The molecule has 0 N–H and O–H groups in total. The number of benzene rings is 1.